The van der Waals surface area contributed by atoms with Crippen molar-refractivity contribution in [1.82, 2.24) is 25.3 Å². The van der Waals surface area contributed by atoms with Gasteiger partial charge in [-0.25, -0.2) is 19.3 Å². The summed E-state index contributed by atoms with van der Waals surface area (Å²) in [5, 5.41) is 2.88. The number of rotatable bonds is 6. The number of halogens is 1. The highest BCUT2D eigenvalue weighted by molar-refractivity contribution is 5.87. The molecule has 3 rings (SSSR count). The molecule has 0 bridgehead atoms. The molecule has 0 aliphatic rings. The molecule has 0 saturated heterocycles. The second-order valence-corrected chi connectivity index (χ2v) is 5.92. The number of carbonyl (C=O) groups is 1. The molecule has 8 heteroatoms. The number of H-pyrrole nitrogens is 1. The summed E-state index contributed by atoms with van der Waals surface area (Å²) in [5.74, 6) is 0.167. The summed E-state index contributed by atoms with van der Waals surface area (Å²) in [4.78, 5) is 29.3. The van der Waals surface area contributed by atoms with Crippen LogP contribution in [0.3, 0.4) is 0 Å². The molecule has 7 nitrogen and oxygen atoms in total. The second-order valence-electron chi connectivity index (χ2n) is 5.92. The maximum Gasteiger partial charge on any atom is 0.239 e. The van der Waals surface area contributed by atoms with E-state index in [0.29, 0.717) is 29.0 Å². The van der Waals surface area contributed by atoms with Crippen LogP contribution >= 0.6 is 0 Å². The highest BCUT2D eigenvalue weighted by Crippen LogP contribution is 2.17. The normalized spacial score (nSPS) is 12.1. The average Bonchev–Trinajstić information content (AvgIpc) is 3.05. The first-order valence-corrected chi connectivity index (χ1v) is 7.92. The number of nitrogens with one attached hydrogen (secondary N) is 2. The molecular formula is C17H19FN6O. The molecule has 130 valence electrons. The maximum atomic E-state index is 13.7. The standard InChI is InChI=1S/C17H19FN6O/c1-11(7-12-5-3-4-6-13(12)18)23-14(25)8-24(2)17-15-16(20-9-19-15)21-10-22-17/h3-6,9-11H,7-8H2,1-2H3,(H,23,25)(H,19,20,21,22)/t11-/m0/s1. The number of fused-ring (bicyclic) bond motifs is 1. The number of carbonyl (C=O) groups excluding carboxylic acids is 1. The van der Waals surface area contributed by atoms with Crippen molar-refractivity contribution in [1.29, 1.82) is 0 Å². The lowest BCUT2D eigenvalue weighted by molar-refractivity contribution is -0.120. The van der Waals surface area contributed by atoms with Crippen LogP contribution in [0, 0.1) is 5.82 Å². The lowest BCUT2D eigenvalue weighted by Gasteiger charge is -2.20. The van der Waals surface area contributed by atoms with Crippen LogP contribution in [-0.2, 0) is 11.2 Å². The van der Waals surface area contributed by atoms with Gasteiger partial charge >= 0.3 is 0 Å². The molecular weight excluding hydrogens is 323 g/mol. The van der Waals surface area contributed by atoms with E-state index in [0.717, 1.165) is 0 Å². The van der Waals surface area contributed by atoms with E-state index in [1.807, 2.05) is 6.92 Å². The van der Waals surface area contributed by atoms with Gasteiger partial charge in [0.2, 0.25) is 5.91 Å². The molecule has 2 N–H and O–H groups in total. The number of benzene rings is 1. The Labute approximate surface area is 144 Å². The molecule has 0 aliphatic carbocycles. The Kier molecular flexibility index (Phi) is 4.87. The SMILES string of the molecule is C[C@@H](Cc1ccccc1F)NC(=O)CN(C)c1ncnc2nc[nH]c12. The Balaban J connectivity index is 1.60. The third-order valence-electron chi connectivity index (χ3n) is 3.84. The van der Waals surface area contributed by atoms with Crippen molar-refractivity contribution < 1.29 is 9.18 Å². The van der Waals surface area contributed by atoms with Gasteiger partial charge in [0.05, 0.1) is 12.9 Å². The molecule has 1 atom stereocenters. The summed E-state index contributed by atoms with van der Waals surface area (Å²) in [5.41, 5.74) is 1.81. The molecule has 2 heterocycles. The molecule has 0 fully saturated rings. The number of nitrogens with zero attached hydrogens (tertiary/aromatic N) is 4. The van der Waals surface area contributed by atoms with Crippen LogP contribution in [0.1, 0.15) is 12.5 Å². The number of hydrogen-bond donors (Lipinski definition) is 2. The molecule has 25 heavy (non-hydrogen) atoms. The third kappa shape index (κ3) is 3.90. The third-order valence-corrected chi connectivity index (χ3v) is 3.84. The van der Waals surface area contributed by atoms with Gasteiger partial charge in [-0.2, -0.15) is 0 Å². The van der Waals surface area contributed by atoms with Gasteiger partial charge < -0.3 is 15.2 Å². The summed E-state index contributed by atoms with van der Waals surface area (Å²) in [6, 6.07) is 6.39. The maximum absolute atomic E-state index is 13.7. The van der Waals surface area contributed by atoms with Crippen LogP contribution in [0.5, 0.6) is 0 Å². The summed E-state index contributed by atoms with van der Waals surface area (Å²) in [6.45, 7) is 1.97. The van der Waals surface area contributed by atoms with Crippen molar-refractivity contribution in [2.45, 2.75) is 19.4 Å². The molecule has 2 aromatic heterocycles. The summed E-state index contributed by atoms with van der Waals surface area (Å²) >= 11 is 0. The highest BCUT2D eigenvalue weighted by atomic mass is 19.1. The molecule has 0 unspecified atom stereocenters. The number of amides is 1. The summed E-state index contributed by atoms with van der Waals surface area (Å²) in [6.07, 6.45) is 3.38. The summed E-state index contributed by atoms with van der Waals surface area (Å²) < 4.78 is 13.7. The van der Waals surface area contributed by atoms with Gasteiger partial charge in [0.15, 0.2) is 11.5 Å². The van der Waals surface area contributed by atoms with Crippen LogP contribution in [0.2, 0.25) is 0 Å². The molecule has 3 aromatic rings. The fourth-order valence-corrected chi connectivity index (χ4v) is 2.70. The Bertz CT molecular complexity index is 880. The number of anilines is 1. The van der Waals surface area contributed by atoms with E-state index in [9.17, 15) is 9.18 Å². The number of aromatic amines is 1. The molecule has 0 radical (unpaired) electrons. The predicted octanol–water partition coefficient (Wildman–Crippen LogP) is 1.68. The molecule has 0 aliphatic heterocycles. The van der Waals surface area contributed by atoms with E-state index in [4.69, 9.17) is 0 Å². The lowest BCUT2D eigenvalue weighted by Crippen LogP contribution is -2.41. The van der Waals surface area contributed by atoms with E-state index < -0.39 is 0 Å². The minimum absolute atomic E-state index is 0.118. The first-order valence-electron chi connectivity index (χ1n) is 7.92. The minimum Gasteiger partial charge on any atom is -0.352 e. The molecule has 1 aromatic carbocycles. The van der Waals surface area contributed by atoms with Gasteiger partial charge in [-0.1, -0.05) is 18.2 Å². The topological polar surface area (TPSA) is 86.8 Å². The van der Waals surface area contributed by atoms with E-state index in [1.165, 1.54) is 18.7 Å². The van der Waals surface area contributed by atoms with Crippen LogP contribution < -0.4 is 10.2 Å². The van der Waals surface area contributed by atoms with Gasteiger partial charge in [-0.3, -0.25) is 4.79 Å². The van der Waals surface area contributed by atoms with Crippen molar-refractivity contribution in [2.24, 2.45) is 0 Å². The van der Waals surface area contributed by atoms with Gasteiger partial charge in [0.1, 0.15) is 17.7 Å². The van der Waals surface area contributed by atoms with E-state index >= 15 is 0 Å². The van der Waals surface area contributed by atoms with Gasteiger partial charge in [-0.05, 0) is 25.0 Å². The second kappa shape index (κ2) is 7.25. The monoisotopic (exact) mass is 342 g/mol. The van der Waals surface area contributed by atoms with E-state index in [2.05, 4.69) is 25.3 Å². The lowest BCUT2D eigenvalue weighted by atomic mass is 10.1. The molecule has 0 saturated carbocycles. The smallest absolute Gasteiger partial charge is 0.239 e. The zero-order valence-electron chi connectivity index (χ0n) is 14.0. The summed E-state index contributed by atoms with van der Waals surface area (Å²) in [7, 11) is 1.77. The van der Waals surface area contributed by atoms with Crippen LogP contribution in [0.15, 0.2) is 36.9 Å². The van der Waals surface area contributed by atoms with Crippen LogP contribution in [0.25, 0.3) is 11.2 Å². The quantitative estimate of drug-likeness (QED) is 0.712. The Morgan fingerprint density at radius 1 is 1.32 bits per heavy atom. The Hall–Kier alpha value is -3.03. The van der Waals surface area contributed by atoms with E-state index in [-0.39, 0.29) is 24.3 Å². The van der Waals surface area contributed by atoms with Gasteiger partial charge in [-0.15, -0.1) is 0 Å². The van der Waals surface area contributed by atoms with Crippen molar-refractivity contribution in [2.75, 3.05) is 18.5 Å². The average molecular weight is 342 g/mol. The predicted molar refractivity (Wildman–Crippen MR) is 92.7 cm³/mol. The van der Waals surface area contributed by atoms with Crippen molar-refractivity contribution in [3.63, 3.8) is 0 Å². The van der Waals surface area contributed by atoms with Crippen molar-refractivity contribution >= 4 is 22.9 Å². The van der Waals surface area contributed by atoms with Crippen molar-refractivity contribution in [3.05, 3.63) is 48.3 Å². The van der Waals surface area contributed by atoms with Crippen LogP contribution in [-0.4, -0.2) is 45.5 Å². The first kappa shape index (κ1) is 16.8. The van der Waals surface area contributed by atoms with Gasteiger partial charge in [0.25, 0.3) is 0 Å². The number of hydrogen-bond acceptors (Lipinski definition) is 5. The number of imidazole rings is 1. The van der Waals surface area contributed by atoms with Crippen LogP contribution in [0.4, 0.5) is 10.2 Å². The fraction of sp³-hybridized carbons (Fsp3) is 0.294. The minimum atomic E-state index is -0.261. The number of likely N-dealkylation sites (N-methyl/N-ethyl adjacent to an activating group) is 1. The largest absolute Gasteiger partial charge is 0.352 e. The highest BCUT2D eigenvalue weighted by Gasteiger charge is 2.15. The fourth-order valence-electron chi connectivity index (χ4n) is 2.70. The Morgan fingerprint density at radius 2 is 2.12 bits per heavy atom. The number of aromatic nitrogens is 4. The Morgan fingerprint density at radius 3 is 2.92 bits per heavy atom. The van der Waals surface area contributed by atoms with Crippen molar-refractivity contribution in [3.8, 4) is 0 Å². The zero-order chi connectivity index (χ0) is 17.8. The van der Waals surface area contributed by atoms with Gasteiger partial charge in [0, 0.05) is 13.1 Å². The first-order chi connectivity index (χ1) is 12.0. The zero-order valence-corrected chi connectivity index (χ0v) is 14.0. The molecule has 0 spiro atoms. The molecule has 1 amide bonds. The van der Waals surface area contributed by atoms with E-state index in [1.54, 1.807) is 30.1 Å².